The molecule has 1 saturated heterocycles. The van der Waals surface area contributed by atoms with Gasteiger partial charge in [-0.1, -0.05) is 26.2 Å². The molecule has 1 atom stereocenters. The van der Waals surface area contributed by atoms with Crippen LogP contribution in [0.1, 0.15) is 52.4 Å². The molecule has 0 amide bonds. The molecule has 0 spiro atoms. The van der Waals surface area contributed by atoms with E-state index in [2.05, 4.69) is 20.1 Å². The second-order valence-corrected chi connectivity index (χ2v) is 5.91. The molecule has 0 N–H and O–H groups in total. The molecule has 3 nitrogen and oxygen atoms in total. The maximum Gasteiger partial charge on any atom is 0.0824 e. The van der Waals surface area contributed by atoms with E-state index in [-0.39, 0.29) is 38.8 Å². The van der Waals surface area contributed by atoms with Gasteiger partial charge in [-0.2, -0.15) is 6.42 Å². The Labute approximate surface area is 133 Å². The third kappa shape index (κ3) is 9.57. The van der Waals surface area contributed by atoms with Gasteiger partial charge in [0, 0.05) is 45.3 Å². The Morgan fingerprint density at radius 2 is 1.94 bits per heavy atom. The Bertz CT molecular complexity index is 266. The fourth-order valence-electron chi connectivity index (χ4n) is 1.74. The third-order valence-electron chi connectivity index (χ3n) is 2.70. The van der Waals surface area contributed by atoms with Crippen LogP contribution < -0.4 is 0 Å². The van der Waals surface area contributed by atoms with Crippen molar-refractivity contribution in [2.45, 2.75) is 58.4 Å². The molecule has 1 rings (SSSR count). The van der Waals surface area contributed by atoms with Crippen LogP contribution in [0.3, 0.4) is 0 Å². The van der Waals surface area contributed by atoms with Gasteiger partial charge in [-0.05, 0) is 19.8 Å². The molecule has 0 saturated carbocycles. The molecule has 1 unspecified atom stereocenters. The molecule has 0 aromatic heterocycles. The Hall–Kier alpha value is 1.01. The van der Waals surface area contributed by atoms with Gasteiger partial charge in [0.25, 0.3) is 0 Å². The summed E-state index contributed by atoms with van der Waals surface area (Å²) in [4.78, 5) is 0. The average molecular weight is 336 g/mol. The van der Waals surface area contributed by atoms with Crippen molar-refractivity contribution in [1.29, 1.82) is 0 Å². The first-order valence-corrected chi connectivity index (χ1v) is 7.68. The van der Waals surface area contributed by atoms with Gasteiger partial charge in [0.1, 0.15) is 0 Å². The van der Waals surface area contributed by atoms with Crippen LogP contribution in [0, 0.1) is 13.2 Å². The van der Waals surface area contributed by atoms with E-state index < -0.39 is 10.0 Å². The summed E-state index contributed by atoms with van der Waals surface area (Å²) in [6, 6.07) is 0.145. The maximum absolute atomic E-state index is 11.0. The molecule has 0 aromatic rings. The van der Waals surface area contributed by atoms with Gasteiger partial charge < -0.3 is 6.92 Å². The van der Waals surface area contributed by atoms with E-state index in [1.165, 1.54) is 17.1 Å². The fraction of sp³-hybridized carbons (Fsp3) is 0.833. The summed E-state index contributed by atoms with van der Waals surface area (Å²) < 4.78 is 23.5. The van der Waals surface area contributed by atoms with E-state index in [9.17, 15) is 8.42 Å². The number of sulfonamides is 1. The average Bonchev–Trinajstić information content (AvgIpc) is 2.19. The second-order valence-electron chi connectivity index (χ2n) is 4.27. The SMILES string of the molecule is [CH2-]CCCC.[CH2-]S(=O)(=O)N1CCCCC1C.[Y]. The van der Waals surface area contributed by atoms with Gasteiger partial charge in [0.05, 0.1) is 10.0 Å². The van der Waals surface area contributed by atoms with Crippen LogP contribution in [0.5, 0.6) is 0 Å². The first-order valence-electron chi connectivity index (χ1n) is 6.07. The summed E-state index contributed by atoms with van der Waals surface area (Å²) in [5.74, 6) is 0. The minimum atomic E-state index is -3.19. The quantitative estimate of drug-likeness (QED) is 0.743. The molecule has 0 aromatic carbocycles. The molecule has 1 radical (unpaired) electrons. The number of hydrogen-bond donors (Lipinski definition) is 0. The van der Waals surface area contributed by atoms with Crippen molar-refractivity contribution < 1.29 is 41.1 Å². The molecule has 1 aliphatic heterocycles. The van der Waals surface area contributed by atoms with Gasteiger partial charge in [-0.15, -0.1) is 0 Å². The smallest absolute Gasteiger partial charge is 0.0824 e. The van der Waals surface area contributed by atoms with Crippen LogP contribution in [0.15, 0.2) is 0 Å². The summed E-state index contributed by atoms with van der Waals surface area (Å²) in [6.07, 6.45) is 9.87. The van der Waals surface area contributed by atoms with Gasteiger partial charge in [0.15, 0.2) is 0 Å². The molecule has 101 valence electrons. The van der Waals surface area contributed by atoms with Crippen molar-refractivity contribution in [2.75, 3.05) is 6.54 Å². The van der Waals surface area contributed by atoms with Crippen molar-refractivity contribution in [3.05, 3.63) is 13.2 Å². The van der Waals surface area contributed by atoms with E-state index in [0.717, 1.165) is 25.7 Å². The third-order valence-corrected chi connectivity index (χ3v) is 3.96. The van der Waals surface area contributed by atoms with Crippen LogP contribution in [0.25, 0.3) is 0 Å². The second kappa shape index (κ2) is 10.9. The Kier molecular flexibility index (Phi) is 13.0. The van der Waals surface area contributed by atoms with Crippen molar-refractivity contribution in [3.8, 4) is 0 Å². The predicted molar refractivity (Wildman–Crippen MR) is 69.2 cm³/mol. The monoisotopic (exact) mass is 336 g/mol. The topological polar surface area (TPSA) is 37.4 Å². The van der Waals surface area contributed by atoms with E-state index in [4.69, 9.17) is 0 Å². The first kappa shape index (κ1) is 20.3. The van der Waals surface area contributed by atoms with E-state index >= 15 is 0 Å². The minimum absolute atomic E-state index is 0. The van der Waals surface area contributed by atoms with Crippen LogP contribution in [0.4, 0.5) is 0 Å². The number of unbranched alkanes of at least 4 members (excludes halogenated alkanes) is 2. The summed E-state index contributed by atoms with van der Waals surface area (Å²) in [5, 5.41) is 0. The Balaban J connectivity index is 0. The summed E-state index contributed by atoms with van der Waals surface area (Å²) in [6.45, 7) is 8.43. The molecule has 1 aliphatic rings. The molecular formula is C12H25NO2SY-2. The number of hydrogen-bond acceptors (Lipinski definition) is 2. The zero-order valence-electron chi connectivity index (χ0n) is 11.2. The van der Waals surface area contributed by atoms with Crippen molar-refractivity contribution in [1.82, 2.24) is 4.31 Å². The maximum atomic E-state index is 11.0. The molecule has 5 heteroatoms. The van der Waals surface area contributed by atoms with Crippen LogP contribution in [-0.2, 0) is 42.7 Å². The normalized spacial score (nSPS) is 21.1. The molecule has 0 bridgehead atoms. The summed E-state index contributed by atoms with van der Waals surface area (Å²) in [7, 11) is -3.19. The molecular weight excluding hydrogens is 311 g/mol. The molecule has 17 heavy (non-hydrogen) atoms. The Morgan fingerprint density at radius 3 is 2.18 bits per heavy atom. The molecule has 1 fully saturated rings. The van der Waals surface area contributed by atoms with Crippen LogP contribution >= 0.6 is 0 Å². The summed E-state index contributed by atoms with van der Waals surface area (Å²) in [5.41, 5.74) is 0. The van der Waals surface area contributed by atoms with Gasteiger partial charge in [-0.3, -0.25) is 0 Å². The largest absolute Gasteiger partial charge is 0.343 e. The van der Waals surface area contributed by atoms with Gasteiger partial charge in [0.2, 0.25) is 0 Å². The Morgan fingerprint density at radius 1 is 1.35 bits per heavy atom. The molecule has 0 aliphatic carbocycles. The number of nitrogens with zero attached hydrogens (tertiary/aromatic N) is 1. The van der Waals surface area contributed by atoms with E-state index in [1.807, 2.05) is 6.92 Å². The van der Waals surface area contributed by atoms with Crippen LogP contribution in [-0.4, -0.2) is 25.3 Å². The minimum Gasteiger partial charge on any atom is -0.343 e. The summed E-state index contributed by atoms with van der Waals surface area (Å²) >= 11 is 0. The van der Waals surface area contributed by atoms with Crippen LogP contribution in [0.2, 0.25) is 0 Å². The zero-order valence-corrected chi connectivity index (χ0v) is 14.8. The van der Waals surface area contributed by atoms with Gasteiger partial charge in [-0.25, -0.2) is 19.0 Å². The molecule has 1 heterocycles. The van der Waals surface area contributed by atoms with E-state index in [1.54, 1.807) is 0 Å². The standard InChI is InChI=1S/C7H14NO2S.C5H11.Y/c1-7-5-3-4-6-8(7)11(2,9)10;1-3-5-4-2;/h7H,2-6H2,1H3;1,3-5H2,2H3;/q2*-1;. The van der Waals surface area contributed by atoms with Crippen molar-refractivity contribution in [2.24, 2.45) is 0 Å². The van der Waals surface area contributed by atoms with Crippen molar-refractivity contribution >= 4 is 10.0 Å². The first-order chi connectivity index (χ1) is 7.43. The number of rotatable bonds is 3. The van der Waals surface area contributed by atoms with Crippen molar-refractivity contribution in [3.63, 3.8) is 0 Å². The van der Waals surface area contributed by atoms with Gasteiger partial charge >= 0.3 is 0 Å². The zero-order chi connectivity index (χ0) is 12.6. The van der Waals surface area contributed by atoms with E-state index in [0.29, 0.717) is 6.54 Å². The predicted octanol–water partition coefficient (Wildman–Crippen LogP) is 2.99. The fourth-order valence-corrected chi connectivity index (χ4v) is 2.80. The number of piperidine rings is 1.